The van der Waals surface area contributed by atoms with E-state index in [9.17, 15) is 9.59 Å². The lowest BCUT2D eigenvalue weighted by Crippen LogP contribution is -2.48. The molecule has 0 aromatic carbocycles. The van der Waals surface area contributed by atoms with Gasteiger partial charge in [-0.05, 0) is 43.6 Å². The number of hydrogen-bond acceptors (Lipinski definition) is 4. The number of aliphatic hydroxyl groups is 1. The molecule has 1 aromatic heterocycles. The first kappa shape index (κ1) is 15.0. The average Bonchev–Trinajstić information content (AvgIpc) is 3.12. The Bertz CT molecular complexity index is 457. The van der Waals surface area contributed by atoms with Crippen molar-refractivity contribution in [2.24, 2.45) is 5.92 Å². The van der Waals surface area contributed by atoms with E-state index < -0.39 is 6.04 Å². The van der Waals surface area contributed by atoms with Crippen LogP contribution in [0, 0.1) is 5.92 Å². The van der Waals surface area contributed by atoms with Gasteiger partial charge in [-0.2, -0.15) is 0 Å². The molecule has 2 rings (SSSR count). The van der Waals surface area contributed by atoms with Crippen LogP contribution in [0.15, 0.2) is 17.5 Å². The van der Waals surface area contributed by atoms with Crippen molar-refractivity contribution in [3.8, 4) is 0 Å². The Hall–Kier alpha value is -1.40. The second-order valence-corrected chi connectivity index (χ2v) is 6.08. The van der Waals surface area contributed by atoms with E-state index in [2.05, 4.69) is 10.6 Å². The summed E-state index contributed by atoms with van der Waals surface area (Å²) in [6.45, 7) is 1.74. The van der Waals surface area contributed by atoms with Gasteiger partial charge in [-0.15, -0.1) is 11.3 Å². The van der Waals surface area contributed by atoms with Gasteiger partial charge >= 0.3 is 0 Å². The molecule has 110 valence electrons. The molecule has 1 aromatic rings. The minimum absolute atomic E-state index is 0.0218. The highest BCUT2D eigenvalue weighted by Crippen LogP contribution is 2.33. The average molecular weight is 296 g/mol. The third-order valence-corrected chi connectivity index (χ3v) is 4.31. The number of amides is 2. The van der Waals surface area contributed by atoms with Crippen molar-refractivity contribution in [2.45, 2.75) is 38.3 Å². The molecule has 0 radical (unpaired) electrons. The van der Waals surface area contributed by atoms with Crippen LogP contribution in [0.25, 0.3) is 0 Å². The van der Waals surface area contributed by atoms with Gasteiger partial charge in [-0.1, -0.05) is 6.07 Å². The number of carbonyl (C=O) groups excluding carboxylic acids is 2. The molecule has 2 unspecified atom stereocenters. The number of thiophene rings is 1. The molecule has 2 amide bonds. The topological polar surface area (TPSA) is 78.4 Å². The maximum atomic E-state index is 12.1. The zero-order chi connectivity index (χ0) is 14.5. The van der Waals surface area contributed by atoms with E-state index in [-0.39, 0.29) is 24.5 Å². The van der Waals surface area contributed by atoms with Gasteiger partial charge in [0.2, 0.25) is 5.91 Å². The lowest BCUT2D eigenvalue weighted by Gasteiger charge is -2.20. The molecule has 3 N–H and O–H groups in total. The minimum Gasteiger partial charge on any atom is -0.396 e. The third-order valence-electron chi connectivity index (χ3n) is 3.44. The third kappa shape index (κ3) is 4.05. The van der Waals surface area contributed by atoms with Crippen molar-refractivity contribution < 1.29 is 14.7 Å². The molecule has 0 bridgehead atoms. The fourth-order valence-corrected chi connectivity index (χ4v) is 2.74. The number of nitrogens with one attached hydrogen (secondary N) is 2. The van der Waals surface area contributed by atoms with Crippen molar-refractivity contribution in [2.75, 3.05) is 6.61 Å². The SMILES string of the molecule is CC(NC(=O)c1cccs1)C(=O)NC(CCO)C1CC1. The molecule has 1 heterocycles. The smallest absolute Gasteiger partial charge is 0.261 e. The van der Waals surface area contributed by atoms with Crippen molar-refractivity contribution in [3.05, 3.63) is 22.4 Å². The summed E-state index contributed by atoms with van der Waals surface area (Å²) < 4.78 is 0. The van der Waals surface area contributed by atoms with Crippen LogP contribution in [-0.4, -0.2) is 35.6 Å². The van der Waals surface area contributed by atoms with E-state index in [0.29, 0.717) is 17.2 Å². The highest BCUT2D eigenvalue weighted by atomic mass is 32.1. The monoisotopic (exact) mass is 296 g/mol. The number of rotatable bonds is 7. The quantitative estimate of drug-likeness (QED) is 0.706. The van der Waals surface area contributed by atoms with Crippen LogP contribution < -0.4 is 10.6 Å². The van der Waals surface area contributed by atoms with Crippen LogP contribution in [0.5, 0.6) is 0 Å². The molecular weight excluding hydrogens is 276 g/mol. The lowest BCUT2D eigenvalue weighted by atomic mass is 10.1. The Balaban J connectivity index is 1.83. The predicted molar refractivity (Wildman–Crippen MR) is 77.6 cm³/mol. The standard InChI is InChI=1S/C14H20N2O3S/c1-9(15-14(19)12-3-2-8-20-12)13(18)16-11(6-7-17)10-4-5-10/h2-3,8-11,17H,4-7H2,1H3,(H,15,19)(H,16,18). The fourth-order valence-electron chi connectivity index (χ4n) is 2.11. The lowest BCUT2D eigenvalue weighted by molar-refractivity contribution is -0.123. The van der Waals surface area contributed by atoms with E-state index in [1.165, 1.54) is 11.3 Å². The summed E-state index contributed by atoms with van der Waals surface area (Å²) in [6, 6.07) is 2.97. The number of hydrogen-bond donors (Lipinski definition) is 3. The van der Waals surface area contributed by atoms with Crippen molar-refractivity contribution >= 4 is 23.2 Å². The molecule has 1 saturated carbocycles. The molecule has 0 aliphatic heterocycles. The Kier molecular flexibility index (Phi) is 5.14. The van der Waals surface area contributed by atoms with Crippen LogP contribution in [0.3, 0.4) is 0 Å². The van der Waals surface area contributed by atoms with Gasteiger partial charge in [0.15, 0.2) is 0 Å². The molecular formula is C14H20N2O3S. The zero-order valence-electron chi connectivity index (χ0n) is 11.5. The maximum absolute atomic E-state index is 12.1. The first-order valence-corrected chi connectivity index (χ1v) is 7.75. The molecule has 5 nitrogen and oxygen atoms in total. The van der Waals surface area contributed by atoms with Gasteiger partial charge in [-0.25, -0.2) is 0 Å². The summed E-state index contributed by atoms with van der Waals surface area (Å²) in [7, 11) is 0. The van der Waals surface area contributed by atoms with Crippen LogP contribution in [0.1, 0.15) is 35.9 Å². The summed E-state index contributed by atoms with van der Waals surface area (Å²) in [5.41, 5.74) is 0. The highest BCUT2D eigenvalue weighted by molar-refractivity contribution is 7.12. The summed E-state index contributed by atoms with van der Waals surface area (Å²) >= 11 is 1.34. The Morgan fingerprint density at radius 2 is 2.20 bits per heavy atom. The minimum atomic E-state index is -0.579. The predicted octanol–water partition coefficient (Wildman–Crippen LogP) is 1.14. The molecule has 0 spiro atoms. The second kappa shape index (κ2) is 6.85. The molecule has 1 fully saturated rings. The summed E-state index contributed by atoms with van der Waals surface area (Å²) in [5.74, 6) is 0.0549. The Morgan fingerprint density at radius 3 is 2.75 bits per heavy atom. The van der Waals surface area contributed by atoms with Crippen LogP contribution in [0.4, 0.5) is 0 Å². The summed E-state index contributed by atoms with van der Waals surface area (Å²) in [6.07, 6.45) is 2.77. The van der Waals surface area contributed by atoms with Gasteiger partial charge in [-0.3, -0.25) is 9.59 Å². The van der Waals surface area contributed by atoms with Crippen molar-refractivity contribution in [3.63, 3.8) is 0 Å². The van der Waals surface area contributed by atoms with Crippen molar-refractivity contribution in [1.82, 2.24) is 10.6 Å². The van der Waals surface area contributed by atoms with Gasteiger partial charge in [0.1, 0.15) is 6.04 Å². The maximum Gasteiger partial charge on any atom is 0.261 e. The van der Waals surface area contributed by atoms with Crippen LogP contribution in [0.2, 0.25) is 0 Å². The van der Waals surface area contributed by atoms with E-state index in [1.807, 2.05) is 5.38 Å². The van der Waals surface area contributed by atoms with Gasteiger partial charge in [0, 0.05) is 12.6 Å². The number of aliphatic hydroxyl groups excluding tert-OH is 1. The van der Waals surface area contributed by atoms with Crippen LogP contribution in [-0.2, 0) is 4.79 Å². The Labute approximate surface area is 122 Å². The van der Waals surface area contributed by atoms with E-state index in [0.717, 1.165) is 12.8 Å². The first-order chi connectivity index (χ1) is 9.61. The highest BCUT2D eigenvalue weighted by Gasteiger charge is 2.32. The van der Waals surface area contributed by atoms with Crippen LogP contribution >= 0.6 is 11.3 Å². The number of carbonyl (C=O) groups is 2. The molecule has 1 aliphatic rings. The summed E-state index contributed by atoms with van der Waals surface area (Å²) in [4.78, 5) is 24.5. The van der Waals surface area contributed by atoms with E-state index in [4.69, 9.17) is 5.11 Å². The fraction of sp³-hybridized carbons (Fsp3) is 0.571. The zero-order valence-corrected chi connectivity index (χ0v) is 12.3. The molecule has 1 aliphatic carbocycles. The van der Waals surface area contributed by atoms with Gasteiger partial charge in [0.25, 0.3) is 5.91 Å². The Morgan fingerprint density at radius 1 is 1.45 bits per heavy atom. The van der Waals surface area contributed by atoms with Gasteiger partial charge < -0.3 is 15.7 Å². The summed E-state index contributed by atoms with van der Waals surface area (Å²) in [5, 5.41) is 16.4. The molecule has 20 heavy (non-hydrogen) atoms. The molecule has 2 atom stereocenters. The largest absolute Gasteiger partial charge is 0.396 e. The van der Waals surface area contributed by atoms with E-state index >= 15 is 0 Å². The first-order valence-electron chi connectivity index (χ1n) is 6.87. The normalized spacial score (nSPS) is 17.3. The second-order valence-electron chi connectivity index (χ2n) is 5.14. The molecule has 0 saturated heterocycles. The van der Waals surface area contributed by atoms with E-state index in [1.54, 1.807) is 19.1 Å². The molecule has 6 heteroatoms. The van der Waals surface area contributed by atoms with Gasteiger partial charge in [0.05, 0.1) is 4.88 Å². The van der Waals surface area contributed by atoms with Crippen molar-refractivity contribution in [1.29, 1.82) is 0 Å².